The first-order valence-corrected chi connectivity index (χ1v) is 5.63. The van der Waals surface area contributed by atoms with Crippen molar-refractivity contribution in [1.29, 1.82) is 0 Å². The van der Waals surface area contributed by atoms with Crippen LogP contribution in [0.4, 0.5) is 6.01 Å². The van der Waals surface area contributed by atoms with E-state index in [0.717, 1.165) is 11.7 Å². The molecule has 0 spiro atoms. The molecule has 0 amide bonds. The standard InChI is InChI=1S/C10H18N4O/c1-2-7-4-3-5-8(6-7)9-12-10(13-11)15-14-9/h7-8H,2-6,11H2,1H3,(H,12,13,14). The van der Waals surface area contributed by atoms with E-state index < -0.39 is 0 Å². The van der Waals surface area contributed by atoms with Crippen LogP contribution < -0.4 is 11.3 Å². The summed E-state index contributed by atoms with van der Waals surface area (Å²) in [5, 5.41) is 3.95. The van der Waals surface area contributed by atoms with E-state index in [1.54, 1.807) is 0 Å². The lowest BCUT2D eigenvalue weighted by Crippen LogP contribution is -2.15. The number of nitrogens with zero attached hydrogens (tertiary/aromatic N) is 2. The maximum Gasteiger partial charge on any atom is 0.335 e. The fraction of sp³-hybridized carbons (Fsp3) is 0.800. The molecule has 0 aromatic carbocycles. The van der Waals surface area contributed by atoms with Crippen molar-refractivity contribution in [1.82, 2.24) is 10.1 Å². The first-order valence-electron chi connectivity index (χ1n) is 5.63. The zero-order chi connectivity index (χ0) is 10.7. The van der Waals surface area contributed by atoms with E-state index in [-0.39, 0.29) is 0 Å². The summed E-state index contributed by atoms with van der Waals surface area (Å²) in [7, 11) is 0. The first-order chi connectivity index (χ1) is 7.33. The van der Waals surface area contributed by atoms with Crippen molar-refractivity contribution in [3.05, 3.63) is 5.82 Å². The SMILES string of the molecule is CCC1CCCC(c2noc(NN)n2)C1. The maximum atomic E-state index is 5.20. The van der Waals surface area contributed by atoms with Crippen LogP contribution in [0.1, 0.15) is 50.8 Å². The van der Waals surface area contributed by atoms with E-state index in [1.165, 1.54) is 32.1 Å². The summed E-state index contributed by atoms with van der Waals surface area (Å²) in [6.07, 6.45) is 6.20. The number of anilines is 1. The second-order valence-corrected chi connectivity index (χ2v) is 4.24. The van der Waals surface area contributed by atoms with Gasteiger partial charge in [0.2, 0.25) is 0 Å². The molecule has 0 bridgehead atoms. The number of nitrogens with one attached hydrogen (secondary N) is 1. The van der Waals surface area contributed by atoms with Gasteiger partial charge in [0.15, 0.2) is 5.82 Å². The largest absolute Gasteiger partial charge is 0.335 e. The van der Waals surface area contributed by atoms with Crippen molar-refractivity contribution in [3.63, 3.8) is 0 Å². The Balaban J connectivity index is 2.03. The van der Waals surface area contributed by atoms with Crippen LogP contribution in [0.25, 0.3) is 0 Å². The zero-order valence-corrected chi connectivity index (χ0v) is 9.07. The predicted octanol–water partition coefficient (Wildman–Crippen LogP) is 2.04. The Morgan fingerprint density at radius 2 is 2.40 bits per heavy atom. The van der Waals surface area contributed by atoms with Gasteiger partial charge in [-0.2, -0.15) is 4.98 Å². The fourth-order valence-electron chi connectivity index (χ4n) is 2.36. The fourth-order valence-corrected chi connectivity index (χ4v) is 2.36. The minimum Gasteiger partial charge on any atom is -0.314 e. The molecule has 0 aliphatic heterocycles. The summed E-state index contributed by atoms with van der Waals surface area (Å²) in [6, 6.07) is 0.309. The van der Waals surface area contributed by atoms with Crippen LogP contribution in [0.3, 0.4) is 0 Å². The van der Waals surface area contributed by atoms with Crippen molar-refractivity contribution in [2.45, 2.75) is 44.9 Å². The number of rotatable bonds is 3. The summed E-state index contributed by atoms with van der Waals surface area (Å²) < 4.78 is 4.94. The number of hydrogen-bond donors (Lipinski definition) is 2. The number of aromatic nitrogens is 2. The highest BCUT2D eigenvalue weighted by Gasteiger charge is 2.25. The summed E-state index contributed by atoms with van der Waals surface area (Å²) in [4.78, 5) is 4.21. The lowest BCUT2D eigenvalue weighted by Gasteiger charge is -2.25. The van der Waals surface area contributed by atoms with E-state index in [0.29, 0.717) is 11.9 Å². The predicted molar refractivity (Wildman–Crippen MR) is 57.1 cm³/mol. The molecule has 1 saturated carbocycles. The molecule has 0 saturated heterocycles. The van der Waals surface area contributed by atoms with Crippen molar-refractivity contribution >= 4 is 6.01 Å². The second kappa shape index (κ2) is 4.61. The lowest BCUT2D eigenvalue weighted by atomic mass is 9.80. The number of nitrogen functional groups attached to an aromatic ring is 1. The smallest absolute Gasteiger partial charge is 0.314 e. The Labute approximate surface area is 89.4 Å². The average Bonchev–Trinajstić information content (AvgIpc) is 2.78. The van der Waals surface area contributed by atoms with Gasteiger partial charge in [-0.15, -0.1) is 0 Å². The topological polar surface area (TPSA) is 77.0 Å². The molecule has 1 aromatic heterocycles. The molecule has 2 atom stereocenters. The van der Waals surface area contributed by atoms with Gasteiger partial charge >= 0.3 is 6.01 Å². The molecule has 1 aliphatic rings. The van der Waals surface area contributed by atoms with E-state index in [1.807, 2.05) is 0 Å². The molecule has 2 unspecified atom stereocenters. The molecule has 3 N–H and O–H groups in total. The summed E-state index contributed by atoms with van der Waals surface area (Å²) in [5.74, 6) is 7.28. The highest BCUT2D eigenvalue weighted by molar-refractivity contribution is 5.16. The Kier molecular flexibility index (Phi) is 3.20. The molecule has 84 valence electrons. The Hall–Kier alpha value is -1.10. The van der Waals surface area contributed by atoms with Gasteiger partial charge in [-0.05, 0) is 18.8 Å². The molecule has 1 aromatic rings. The number of hydrogen-bond acceptors (Lipinski definition) is 5. The quantitative estimate of drug-likeness (QED) is 0.589. The molecule has 1 aliphatic carbocycles. The van der Waals surface area contributed by atoms with Gasteiger partial charge in [0, 0.05) is 5.92 Å². The molecule has 15 heavy (non-hydrogen) atoms. The van der Waals surface area contributed by atoms with Crippen molar-refractivity contribution in [3.8, 4) is 0 Å². The molecule has 1 fully saturated rings. The second-order valence-electron chi connectivity index (χ2n) is 4.24. The first kappa shape index (κ1) is 10.4. The van der Waals surface area contributed by atoms with Gasteiger partial charge in [-0.1, -0.05) is 31.3 Å². The maximum absolute atomic E-state index is 5.20. The van der Waals surface area contributed by atoms with Crippen LogP contribution in [0.15, 0.2) is 4.52 Å². The Bertz CT molecular complexity index is 312. The van der Waals surface area contributed by atoms with E-state index in [2.05, 4.69) is 22.5 Å². The number of nitrogens with two attached hydrogens (primary N) is 1. The van der Waals surface area contributed by atoms with E-state index in [4.69, 9.17) is 10.4 Å². The van der Waals surface area contributed by atoms with Crippen molar-refractivity contribution in [2.75, 3.05) is 5.43 Å². The van der Waals surface area contributed by atoms with Crippen LogP contribution in [-0.4, -0.2) is 10.1 Å². The van der Waals surface area contributed by atoms with Crippen LogP contribution in [0.5, 0.6) is 0 Å². The third kappa shape index (κ3) is 2.28. The minimum atomic E-state index is 0.309. The van der Waals surface area contributed by atoms with E-state index in [9.17, 15) is 0 Å². The molecule has 5 heteroatoms. The van der Waals surface area contributed by atoms with E-state index >= 15 is 0 Å². The summed E-state index contributed by atoms with van der Waals surface area (Å²) in [5.41, 5.74) is 2.37. The van der Waals surface area contributed by atoms with Crippen LogP contribution in [0.2, 0.25) is 0 Å². The van der Waals surface area contributed by atoms with Gasteiger partial charge in [0.1, 0.15) is 0 Å². The molecule has 0 radical (unpaired) electrons. The monoisotopic (exact) mass is 210 g/mol. The molecule has 5 nitrogen and oxygen atoms in total. The lowest BCUT2D eigenvalue weighted by molar-refractivity contribution is 0.300. The highest BCUT2D eigenvalue weighted by Crippen LogP contribution is 2.36. The Morgan fingerprint density at radius 3 is 3.07 bits per heavy atom. The van der Waals surface area contributed by atoms with Gasteiger partial charge in [-0.25, -0.2) is 5.84 Å². The Morgan fingerprint density at radius 1 is 1.53 bits per heavy atom. The van der Waals surface area contributed by atoms with Crippen LogP contribution in [-0.2, 0) is 0 Å². The summed E-state index contributed by atoms with van der Waals surface area (Å²) >= 11 is 0. The van der Waals surface area contributed by atoms with Gasteiger partial charge in [0.05, 0.1) is 0 Å². The zero-order valence-electron chi connectivity index (χ0n) is 9.07. The minimum absolute atomic E-state index is 0.309. The van der Waals surface area contributed by atoms with Crippen LogP contribution in [0, 0.1) is 5.92 Å². The van der Waals surface area contributed by atoms with Crippen molar-refractivity contribution in [2.24, 2.45) is 11.8 Å². The average molecular weight is 210 g/mol. The van der Waals surface area contributed by atoms with Gasteiger partial charge < -0.3 is 4.52 Å². The third-order valence-corrected chi connectivity index (χ3v) is 3.29. The van der Waals surface area contributed by atoms with Crippen molar-refractivity contribution < 1.29 is 4.52 Å². The molecule has 2 rings (SSSR count). The molecular weight excluding hydrogens is 192 g/mol. The van der Waals surface area contributed by atoms with Gasteiger partial charge in [0.25, 0.3) is 0 Å². The number of hydrazine groups is 1. The molecular formula is C10H18N4O. The third-order valence-electron chi connectivity index (χ3n) is 3.29. The highest BCUT2D eigenvalue weighted by atomic mass is 16.5. The van der Waals surface area contributed by atoms with Crippen LogP contribution >= 0.6 is 0 Å². The van der Waals surface area contributed by atoms with Gasteiger partial charge in [-0.3, -0.25) is 5.43 Å². The molecule has 1 heterocycles. The normalized spacial score (nSPS) is 26.5. The summed E-state index contributed by atoms with van der Waals surface area (Å²) in [6.45, 7) is 2.25.